The van der Waals surface area contributed by atoms with Gasteiger partial charge in [0.15, 0.2) is 0 Å². The van der Waals surface area contributed by atoms with Gasteiger partial charge in [-0.25, -0.2) is 0 Å². The predicted molar refractivity (Wildman–Crippen MR) is 83.4 cm³/mol. The lowest BCUT2D eigenvalue weighted by molar-refractivity contribution is 0.821. The van der Waals surface area contributed by atoms with Gasteiger partial charge in [-0.15, -0.1) is 0 Å². The van der Waals surface area contributed by atoms with E-state index >= 15 is 0 Å². The molecule has 1 aliphatic heterocycles. The Morgan fingerprint density at radius 3 is 2.58 bits per heavy atom. The second kappa shape index (κ2) is 4.56. The molecule has 0 fully saturated rings. The molecular formula is C18H23N. The molecule has 0 spiro atoms. The van der Waals surface area contributed by atoms with Crippen LogP contribution in [-0.2, 0) is 6.42 Å². The monoisotopic (exact) mass is 253 g/mol. The Bertz CT molecular complexity index is 590. The fraction of sp³-hybridized carbons (Fsp3) is 0.444. The maximum atomic E-state index is 3.54. The lowest BCUT2D eigenvalue weighted by atomic mass is 9.86. The minimum absolute atomic E-state index is 0.563. The van der Waals surface area contributed by atoms with Gasteiger partial charge in [-0.1, -0.05) is 24.6 Å². The highest BCUT2D eigenvalue weighted by molar-refractivity contribution is 5.83. The van der Waals surface area contributed by atoms with Gasteiger partial charge in [0.25, 0.3) is 0 Å². The molecule has 1 heterocycles. The molecule has 1 nitrogen and oxygen atoms in total. The van der Waals surface area contributed by atoms with Gasteiger partial charge in [0.05, 0.1) is 0 Å². The summed E-state index contributed by atoms with van der Waals surface area (Å²) in [5, 5.41) is 3.54. The van der Waals surface area contributed by atoms with Crippen LogP contribution < -0.4 is 5.32 Å². The van der Waals surface area contributed by atoms with Gasteiger partial charge < -0.3 is 5.32 Å². The van der Waals surface area contributed by atoms with Crippen LogP contribution in [0.25, 0.3) is 5.57 Å². The molecule has 1 atom stereocenters. The van der Waals surface area contributed by atoms with Crippen LogP contribution in [0.15, 0.2) is 34.9 Å². The van der Waals surface area contributed by atoms with Gasteiger partial charge in [-0.05, 0) is 67.5 Å². The average Bonchev–Trinajstić information content (AvgIpc) is 2.63. The van der Waals surface area contributed by atoms with Crippen molar-refractivity contribution in [3.8, 4) is 0 Å². The summed E-state index contributed by atoms with van der Waals surface area (Å²) in [4.78, 5) is 0. The number of rotatable bonds is 1. The molecule has 2 aliphatic rings. The zero-order valence-electron chi connectivity index (χ0n) is 12.4. The van der Waals surface area contributed by atoms with E-state index in [4.69, 9.17) is 0 Å². The molecule has 1 heteroatoms. The fourth-order valence-electron chi connectivity index (χ4n) is 3.56. The van der Waals surface area contributed by atoms with E-state index in [0.29, 0.717) is 5.92 Å². The second-order valence-electron chi connectivity index (χ2n) is 5.93. The van der Waals surface area contributed by atoms with E-state index in [1.807, 2.05) is 0 Å². The van der Waals surface area contributed by atoms with E-state index in [1.165, 1.54) is 46.4 Å². The van der Waals surface area contributed by atoms with Crippen molar-refractivity contribution < 1.29 is 0 Å². The van der Waals surface area contributed by atoms with E-state index in [2.05, 4.69) is 51.2 Å². The third-order valence-electron chi connectivity index (χ3n) is 5.03. The molecule has 1 unspecified atom stereocenters. The first-order valence-electron chi connectivity index (χ1n) is 7.36. The van der Waals surface area contributed by atoms with Crippen molar-refractivity contribution in [1.29, 1.82) is 0 Å². The molecule has 100 valence electrons. The van der Waals surface area contributed by atoms with Crippen molar-refractivity contribution in [3.05, 3.63) is 46.0 Å². The number of hydrogen-bond donors (Lipinski definition) is 1. The smallest absolute Gasteiger partial charge is 0.0378 e. The minimum atomic E-state index is 0.563. The van der Waals surface area contributed by atoms with E-state index in [9.17, 15) is 0 Å². The number of nitrogens with one attached hydrogen (secondary N) is 1. The van der Waals surface area contributed by atoms with Gasteiger partial charge in [-0.2, -0.15) is 0 Å². The summed E-state index contributed by atoms with van der Waals surface area (Å²) in [5.41, 5.74) is 10.4. The van der Waals surface area contributed by atoms with Crippen LogP contribution in [0.5, 0.6) is 0 Å². The molecule has 1 aliphatic carbocycles. The van der Waals surface area contributed by atoms with Gasteiger partial charge >= 0.3 is 0 Å². The van der Waals surface area contributed by atoms with Crippen LogP contribution in [0.1, 0.15) is 45.2 Å². The first-order chi connectivity index (χ1) is 9.11. The third-order valence-corrected chi connectivity index (χ3v) is 5.03. The van der Waals surface area contributed by atoms with Crippen LogP contribution in [0, 0.1) is 5.92 Å². The van der Waals surface area contributed by atoms with Gasteiger partial charge in [0.2, 0.25) is 0 Å². The summed E-state index contributed by atoms with van der Waals surface area (Å²) in [6.07, 6.45) is 2.45. The largest absolute Gasteiger partial charge is 0.385 e. The van der Waals surface area contributed by atoms with Crippen LogP contribution >= 0.6 is 0 Å². The summed E-state index contributed by atoms with van der Waals surface area (Å²) in [7, 11) is 0. The van der Waals surface area contributed by atoms with Crippen LogP contribution in [-0.4, -0.2) is 6.54 Å². The highest BCUT2D eigenvalue weighted by Crippen LogP contribution is 2.44. The Morgan fingerprint density at radius 1 is 1.11 bits per heavy atom. The minimum Gasteiger partial charge on any atom is -0.385 e. The summed E-state index contributed by atoms with van der Waals surface area (Å²) < 4.78 is 0. The molecule has 3 rings (SSSR count). The van der Waals surface area contributed by atoms with Crippen molar-refractivity contribution in [1.82, 2.24) is 0 Å². The maximum absolute atomic E-state index is 3.54. The lowest BCUT2D eigenvalue weighted by Gasteiger charge is -2.24. The molecule has 19 heavy (non-hydrogen) atoms. The molecule has 0 saturated carbocycles. The normalized spacial score (nSPS) is 22.6. The first kappa shape index (κ1) is 12.5. The maximum Gasteiger partial charge on any atom is 0.0378 e. The second-order valence-corrected chi connectivity index (χ2v) is 5.93. The number of anilines is 1. The van der Waals surface area contributed by atoms with Crippen molar-refractivity contribution in [2.45, 2.75) is 40.5 Å². The number of hydrogen-bond acceptors (Lipinski definition) is 1. The third kappa shape index (κ3) is 1.83. The standard InChI is InChI=1S/C18H23N/c1-11-12(2)14(4)18(13(11)3)16-7-5-9-17-15(16)8-6-10-19-17/h5,7,9,13,19H,6,8,10H2,1-4H3. The molecular weight excluding hydrogens is 230 g/mol. The van der Waals surface area contributed by atoms with Crippen LogP contribution in [0.2, 0.25) is 0 Å². The molecule has 0 bridgehead atoms. The molecule has 0 aromatic heterocycles. The Kier molecular flexibility index (Phi) is 3.00. The van der Waals surface area contributed by atoms with Crippen molar-refractivity contribution in [3.63, 3.8) is 0 Å². The van der Waals surface area contributed by atoms with Crippen molar-refractivity contribution >= 4 is 11.3 Å². The predicted octanol–water partition coefficient (Wildman–Crippen LogP) is 4.80. The van der Waals surface area contributed by atoms with Gasteiger partial charge in [-0.3, -0.25) is 0 Å². The number of allylic oxidation sites excluding steroid dienone is 4. The topological polar surface area (TPSA) is 12.0 Å². The van der Waals surface area contributed by atoms with Gasteiger partial charge in [0, 0.05) is 18.2 Å². The molecule has 1 aromatic rings. The molecule has 1 N–H and O–H groups in total. The highest BCUT2D eigenvalue weighted by atomic mass is 14.9. The SMILES string of the molecule is CC1=C(C)C(C)C(c2cccc3c2CCCN3)=C1C. The summed E-state index contributed by atoms with van der Waals surface area (Å²) in [6, 6.07) is 6.73. The number of fused-ring (bicyclic) bond motifs is 1. The van der Waals surface area contributed by atoms with Crippen molar-refractivity contribution in [2.75, 3.05) is 11.9 Å². The quantitative estimate of drug-likeness (QED) is 0.757. The van der Waals surface area contributed by atoms with E-state index in [-0.39, 0.29) is 0 Å². The van der Waals surface area contributed by atoms with Crippen LogP contribution in [0.4, 0.5) is 5.69 Å². The number of benzene rings is 1. The molecule has 1 aromatic carbocycles. The van der Waals surface area contributed by atoms with Crippen LogP contribution in [0.3, 0.4) is 0 Å². The Morgan fingerprint density at radius 2 is 1.89 bits per heavy atom. The highest BCUT2D eigenvalue weighted by Gasteiger charge is 2.27. The Balaban J connectivity index is 2.15. The van der Waals surface area contributed by atoms with E-state index in [0.717, 1.165) is 6.54 Å². The van der Waals surface area contributed by atoms with E-state index < -0.39 is 0 Å². The Hall–Kier alpha value is -1.50. The zero-order valence-corrected chi connectivity index (χ0v) is 12.4. The molecule has 0 saturated heterocycles. The lowest BCUT2D eigenvalue weighted by Crippen LogP contribution is -2.14. The zero-order chi connectivity index (χ0) is 13.6. The van der Waals surface area contributed by atoms with Gasteiger partial charge in [0.1, 0.15) is 0 Å². The fourth-order valence-corrected chi connectivity index (χ4v) is 3.56. The molecule has 0 radical (unpaired) electrons. The summed E-state index contributed by atoms with van der Waals surface area (Å²) >= 11 is 0. The summed E-state index contributed by atoms with van der Waals surface area (Å²) in [5.74, 6) is 0.563. The molecule has 0 amide bonds. The summed E-state index contributed by atoms with van der Waals surface area (Å²) in [6.45, 7) is 10.3. The van der Waals surface area contributed by atoms with Crippen molar-refractivity contribution in [2.24, 2.45) is 5.92 Å². The first-order valence-corrected chi connectivity index (χ1v) is 7.36. The Labute approximate surface area is 116 Å². The van der Waals surface area contributed by atoms with E-state index in [1.54, 1.807) is 5.57 Å². The average molecular weight is 253 g/mol.